The zero-order valence-corrected chi connectivity index (χ0v) is 11.3. The van der Waals surface area contributed by atoms with Crippen LogP contribution in [0.2, 0.25) is 0 Å². The highest BCUT2D eigenvalue weighted by Gasteiger charge is 2.11. The fourth-order valence-corrected chi connectivity index (χ4v) is 1.74. The van der Waals surface area contributed by atoms with Crippen molar-refractivity contribution >= 4 is 0 Å². The third-order valence-electron chi connectivity index (χ3n) is 3.11. The van der Waals surface area contributed by atoms with Gasteiger partial charge in [-0.25, -0.2) is 4.68 Å². The van der Waals surface area contributed by atoms with E-state index in [0.717, 1.165) is 17.8 Å². The number of aromatic nitrogens is 3. The Balaban J connectivity index is 2.01. The second kappa shape index (κ2) is 6.45. The van der Waals surface area contributed by atoms with E-state index in [2.05, 4.69) is 15.6 Å². The van der Waals surface area contributed by atoms with Crippen LogP contribution in [0.3, 0.4) is 0 Å². The van der Waals surface area contributed by atoms with Gasteiger partial charge in [-0.2, -0.15) is 0 Å². The molecular weight excluding hydrogens is 240 g/mol. The number of hydrogen-bond acceptors (Lipinski definition) is 4. The molecule has 0 aliphatic rings. The van der Waals surface area contributed by atoms with Gasteiger partial charge in [-0.1, -0.05) is 30.3 Å². The van der Waals surface area contributed by atoms with Crippen LogP contribution in [0.25, 0.3) is 5.69 Å². The first kappa shape index (κ1) is 13.7. The maximum Gasteiger partial charge on any atom is 0.0998 e. The Bertz CT molecular complexity index is 497. The highest BCUT2D eigenvalue weighted by molar-refractivity contribution is 5.30. The van der Waals surface area contributed by atoms with Gasteiger partial charge in [0.15, 0.2) is 0 Å². The highest BCUT2D eigenvalue weighted by Crippen LogP contribution is 2.11. The Morgan fingerprint density at radius 3 is 2.74 bits per heavy atom. The Kier molecular flexibility index (Phi) is 4.65. The van der Waals surface area contributed by atoms with Crippen molar-refractivity contribution in [1.82, 2.24) is 20.3 Å². The number of benzene rings is 1. The normalized spacial score (nSPS) is 14.3. The molecule has 0 fully saturated rings. The molecule has 5 heteroatoms. The number of nitrogens with one attached hydrogen (secondary N) is 1. The molecule has 5 nitrogen and oxygen atoms in total. The largest absolute Gasteiger partial charge is 0.392 e. The minimum absolute atomic E-state index is 0.0682. The molecule has 19 heavy (non-hydrogen) atoms. The summed E-state index contributed by atoms with van der Waals surface area (Å²) in [4.78, 5) is 0. The number of para-hydroxylation sites is 1. The van der Waals surface area contributed by atoms with Gasteiger partial charge in [0.1, 0.15) is 0 Å². The lowest BCUT2D eigenvalue weighted by Gasteiger charge is -2.13. The summed E-state index contributed by atoms with van der Waals surface area (Å²) in [5.41, 5.74) is 1.86. The summed E-state index contributed by atoms with van der Waals surface area (Å²) < 4.78 is 1.75. The first-order chi connectivity index (χ1) is 9.20. The first-order valence-corrected chi connectivity index (χ1v) is 6.59. The van der Waals surface area contributed by atoms with Crippen molar-refractivity contribution < 1.29 is 5.11 Å². The summed E-state index contributed by atoms with van der Waals surface area (Å²) >= 11 is 0. The van der Waals surface area contributed by atoms with Crippen molar-refractivity contribution in [2.75, 3.05) is 6.54 Å². The average Bonchev–Trinajstić information content (AvgIpc) is 2.95. The van der Waals surface area contributed by atoms with Crippen molar-refractivity contribution in [3.05, 3.63) is 42.2 Å². The third-order valence-corrected chi connectivity index (χ3v) is 3.11. The topological polar surface area (TPSA) is 63.0 Å². The molecule has 2 aromatic rings. The molecule has 2 rings (SSSR count). The third kappa shape index (κ3) is 3.62. The number of aliphatic hydroxyl groups excluding tert-OH is 1. The molecule has 102 valence electrons. The van der Waals surface area contributed by atoms with E-state index >= 15 is 0 Å². The average molecular weight is 260 g/mol. The summed E-state index contributed by atoms with van der Waals surface area (Å²) in [7, 11) is 0. The molecular formula is C14H20N4O. The van der Waals surface area contributed by atoms with Gasteiger partial charge < -0.3 is 10.4 Å². The number of hydrogen-bond donors (Lipinski definition) is 2. The molecule has 0 aliphatic carbocycles. The first-order valence-electron chi connectivity index (χ1n) is 6.59. The van der Waals surface area contributed by atoms with E-state index < -0.39 is 0 Å². The van der Waals surface area contributed by atoms with Gasteiger partial charge in [0, 0.05) is 6.54 Å². The highest BCUT2D eigenvalue weighted by atomic mass is 16.3. The summed E-state index contributed by atoms with van der Waals surface area (Å²) in [5.74, 6) is 0. The summed E-state index contributed by atoms with van der Waals surface area (Å²) in [6, 6.07) is 9.94. The minimum atomic E-state index is -0.313. The summed E-state index contributed by atoms with van der Waals surface area (Å²) in [5, 5.41) is 21.1. The van der Waals surface area contributed by atoms with Crippen LogP contribution < -0.4 is 5.32 Å². The van der Waals surface area contributed by atoms with Gasteiger partial charge in [0.05, 0.1) is 29.7 Å². The Morgan fingerprint density at radius 1 is 1.32 bits per heavy atom. The van der Waals surface area contributed by atoms with Crippen LogP contribution in [0.5, 0.6) is 0 Å². The molecule has 1 aromatic carbocycles. The lowest BCUT2D eigenvalue weighted by atomic mass is 10.2. The predicted octanol–water partition coefficient (Wildman–Crippen LogP) is 1.69. The quantitative estimate of drug-likeness (QED) is 0.829. The van der Waals surface area contributed by atoms with Crippen LogP contribution >= 0.6 is 0 Å². The van der Waals surface area contributed by atoms with E-state index in [1.54, 1.807) is 4.68 Å². The smallest absolute Gasteiger partial charge is 0.0998 e. The van der Waals surface area contributed by atoms with Gasteiger partial charge >= 0.3 is 0 Å². The Morgan fingerprint density at radius 2 is 2.05 bits per heavy atom. The minimum Gasteiger partial charge on any atom is -0.392 e. The lowest BCUT2D eigenvalue weighted by Crippen LogP contribution is -2.28. The molecule has 0 bridgehead atoms. The second-order valence-corrected chi connectivity index (χ2v) is 4.62. The standard InChI is InChI=1S/C14H20N4O/c1-3-13(19)9-15-11(2)14-10-18(17-16-14)12-7-5-4-6-8-12/h4-8,10-11,13,15,19H,3,9H2,1-2H3/t11?,13-/m1/s1. The van der Waals surface area contributed by atoms with Gasteiger partial charge in [-0.05, 0) is 25.5 Å². The van der Waals surface area contributed by atoms with E-state index in [1.165, 1.54) is 0 Å². The molecule has 0 spiro atoms. The van der Waals surface area contributed by atoms with Gasteiger partial charge in [-0.15, -0.1) is 5.10 Å². The number of rotatable bonds is 6. The van der Waals surface area contributed by atoms with Crippen LogP contribution in [0.1, 0.15) is 32.0 Å². The molecule has 2 atom stereocenters. The van der Waals surface area contributed by atoms with Gasteiger partial charge in [-0.3, -0.25) is 0 Å². The van der Waals surface area contributed by atoms with Crippen LogP contribution in [0.4, 0.5) is 0 Å². The van der Waals surface area contributed by atoms with E-state index in [9.17, 15) is 5.11 Å². The molecule has 2 N–H and O–H groups in total. The van der Waals surface area contributed by atoms with Crippen molar-refractivity contribution in [2.45, 2.75) is 32.4 Å². The molecule has 0 saturated heterocycles. The maximum atomic E-state index is 9.53. The van der Waals surface area contributed by atoms with Crippen molar-refractivity contribution in [3.63, 3.8) is 0 Å². The molecule has 0 amide bonds. The van der Waals surface area contributed by atoms with Crippen molar-refractivity contribution in [1.29, 1.82) is 0 Å². The number of aliphatic hydroxyl groups is 1. The SMILES string of the molecule is CC[C@@H](O)CNC(C)c1cn(-c2ccccc2)nn1. The van der Waals surface area contributed by atoms with Crippen LogP contribution in [0, 0.1) is 0 Å². The number of nitrogens with zero attached hydrogens (tertiary/aromatic N) is 3. The zero-order chi connectivity index (χ0) is 13.7. The molecule has 1 unspecified atom stereocenters. The Hall–Kier alpha value is -1.72. The fourth-order valence-electron chi connectivity index (χ4n) is 1.74. The van der Waals surface area contributed by atoms with Gasteiger partial charge in [0.2, 0.25) is 0 Å². The fraction of sp³-hybridized carbons (Fsp3) is 0.429. The lowest BCUT2D eigenvalue weighted by molar-refractivity contribution is 0.163. The molecule has 0 aliphatic heterocycles. The van der Waals surface area contributed by atoms with Crippen LogP contribution in [0.15, 0.2) is 36.5 Å². The van der Waals surface area contributed by atoms with Crippen molar-refractivity contribution in [3.8, 4) is 5.69 Å². The summed E-state index contributed by atoms with van der Waals surface area (Å²) in [6.07, 6.45) is 2.34. The van der Waals surface area contributed by atoms with Gasteiger partial charge in [0.25, 0.3) is 0 Å². The monoisotopic (exact) mass is 260 g/mol. The van der Waals surface area contributed by atoms with E-state index in [0.29, 0.717) is 6.54 Å². The van der Waals surface area contributed by atoms with Crippen LogP contribution in [-0.2, 0) is 0 Å². The molecule has 0 radical (unpaired) electrons. The van der Waals surface area contributed by atoms with Crippen molar-refractivity contribution in [2.24, 2.45) is 0 Å². The second-order valence-electron chi connectivity index (χ2n) is 4.62. The van der Waals surface area contributed by atoms with E-state index in [4.69, 9.17) is 0 Å². The van der Waals surface area contributed by atoms with E-state index in [1.807, 2.05) is 50.4 Å². The molecule has 0 saturated carbocycles. The molecule has 1 aromatic heterocycles. The van der Waals surface area contributed by atoms with Crippen LogP contribution in [-0.4, -0.2) is 32.7 Å². The maximum absolute atomic E-state index is 9.53. The Labute approximate surface area is 113 Å². The van der Waals surface area contributed by atoms with E-state index in [-0.39, 0.29) is 12.1 Å². The predicted molar refractivity (Wildman–Crippen MR) is 74.1 cm³/mol. The summed E-state index contributed by atoms with van der Waals surface area (Å²) in [6.45, 7) is 4.54. The zero-order valence-electron chi connectivity index (χ0n) is 11.3. The molecule has 1 heterocycles.